The van der Waals surface area contributed by atoms with Crippen molar-refractivity contribution in [3.63, 3.8) is 0 Å². The van der Waals surface area contributed by atoms with Crippen LogP contribution in [0.5, 0.6) is 0 Å². The zero-order valence-electron chi connectivity index (χ0n) is 14.5. The van der Waals surface area contributed by atoms with E-state index in [2.05, 4.69) is 16.3 Å². The average Bonchev–Trinajstić information content (AvgIpc) is 3.24. The molecule has 4 rings (SSSR count). The SMILES string of the molecule is Cc1ccc(F)cc1NC(=O)CN1CCCC1c1nc2ccccc2s1. The van der Waals surface area contributed by atoms with E-state index < -0.39 is 0 Å². The minimum Gasteiger partial charge on any atom is -0.325 e. The fourth-order valence-electron chi connectivity index (χ4n) is 3.43. The lowest BCUT2D eigenvalue weighted by Crippen LogP contribution is -2.33. The number of aryl methyl sites for hydroxylation is 1. The largest absolute Gasteiger partial charge is 0.325 e. The van der Waals surface area contributed by atoms with E-state index in [1.807, 2.05) is 25.1 Å². The van der Waals surface area contributed by atoms with Crippen LogP contribution in [0.3, 0.4) is 0 Å². The number of aromatic nitrogens is 1. The van der Waals surface area contributed by atoms with E-state index in [-0.39, 0.29) is 24.3 Å². The Bertz CT molecular complexity index is 922. The number of carbonyl (C=O) groups is 1. The number of rotatable bonds is 4. The van der Waals surface area contributed by atoms with Crippen LogP contribution in [0.1, 0.15) is 29.5 Å². The number of hydrogen-bond donors (Lipinski definition) is 1. The molecule has 2 aromatic carbocycles. The summed E-state index contributed by atoms with van der Waals surface area (Å²) in [6.45, 7) is 3.02. The van der Waals surface area contributed by atoms with Crippen LogP contribution in [-0.4, -0.2) is 28.9 Å². The maximum atomic E-state index is 13.4. The van der Waals surface area contributed by atoms with Crippen LogP contribution in [0.2, 0.25) is 0 Å². The first kappa shape index (κ1) is 17.1. The molecule has 0 bridgehead atoms. The topological polar surface area (TPSA) is 45.2 Å². The van der Waals surface area contributed by atoms with Crippen molar-refractivity contribution in [2.75, 3.05) is 18.4 Å². The molecule has 0 aliphatic carbocycles. The molecule has 1 N–H and O–H groups in total. The summed E-state index contributed by atoms with van der Waals surface area (Å²) < 4.78 is 14.6. The quantitative estimate of drug-likeness (QED) is 0.735. The molecule has 0 spiro atoms. The van der Waals surface area contributed by atoms with Crippen molar-refractivity contribution in [1.29, 1.82) is 0 Å². The second-order valence-electron chi connectivity index (χ2n) is 6.66. The van der Waals surface area contributed by atoms with Crippen LogP contribution in [-0.2, 0) is 4.79 Å². The Balaban J connectivity index is 1.48. The molecule has 4 nitrogen and oxygen atoms in total. The first-order valence-corrected chi connectivity index (χ1v) is 9.57. The van der Waals surface area contributed by atoms with Crippen molar-refractivity contribution in [1.82, 2.24) is 9.88 Å². The van der Waals surface area contributed by atoms with Crippen molar-refractivity contribution in [2.24, 2.45) is 0 Å². The minimum absolute atomic E-state index is 0.119. The number of hydrogen-bond acceptors (Lipinski definition) is 4. The van der Waals surface area contributed by atoms with Gasteiger partial charge in [0.25, 0.3) is 0 Å². The molecule has 26 heavy (non-hydrogen) atoms. The number of thiazole rings is 1. The van der Waals surface area contributed by atoms with Gasteiger partial charge in [0.2, 0.25) is 5.91 Å². The van der Waals surface area contributed by atoms with Gasteiger partial charge in [-0.05, 0) is 56.1 Å². The van der Waals surface area contributed by atoms with Crippen molar-refractivity contribution in [3.05, 3.63) is 58.9 Å². The summed E-state index contributed by atoms with van der Waals surface area (Å²) in [5.74, 6) is -0.467. The van der Waals surface area contributed by atoms with E-state index >= 15 is 0 Å². The summed E-state index contributed by atoms with van der Waals surface area (Å²) in [5.41, 5.74) is 2.40. The number of carbonyl (C=O) groups excluding carboxylic acids is 1. The fraction of sp³-hybridized carbons (Fsp3) is 0.300. The van der Waals surface area contributed by atoms with Crippen LogP contribution in [0.4, 0.5) is 10.1 Å². The number of nitrogens with zero attached hydrogens (tertiary/aromatic N) is 2. The highest BCUT2D eigenvalue weighted by Crippen LogP contribution is 2.36. The van der Waals surface area contributed by atoms with E-state index in [1.54, 1.807) is 17.4 Å². The van der Waals surface area contributed by atoms with Crippen LogP contribution >= 0.6 is 11.3 Å². The van der Waals surface area contributed by atoms with E-state index in [9.17, 15) is 9.18 Å². The normalized spacial score (nSPS) is 17.7. The van der Waals surface area contributed by atoms with Gasteiger partial charge < -0.3 is 5.32 Å². The molecule has 2 heterocycles. The van der Waals surface area contributed by atoms with Gasteiger partial charge in [-0.2, -0.15) is 0 Å². The molecule has 1 atom stereocenters. The maximum absolute atomic E-state index is 13.4. The molecule has 1 unspecified atom stereocenters. The molecule has 0 radical (unpaired) electrons. The predicted molar refractivity (Wildman–Crippen MR) is 103 cm³/mol. The Labute approximate surface area is 155 Å². The third-order valence-corrected chi connectivity index (χ3v) is 5.92. The monoisotopic (exact) mass is 369 g/mol. The second-order valence-corrected chi connectivity index (χ2v) is 7.72. The van der Waals surface area contributed by atoms with Crippen LogP contribution in [0.15, 0.2) is 42.5 Å². The smallest absolute Gasteiger partial charge is 0.238 e. The molecular weight excluding hydrogens is 349 g/mol. The highest BCUT2D eigenvalue weighted by molar-refractivity contribution is 7.18. The highest BCUT2D eigenvalue weighted by atomic mass is 32.1. The number of halogens is 1. The first-order chi connectivity index (χ1) is 12.6. The summed E-state index contributed by atoms with van der Waals surface area (Å²) in [6.07, 6.45) is 2.05. The summed E-state index contributed by atoms with van der Waals surface area (Å²) in [4.78, 5) is 19.4. The third kappa shape index (κ3) is 3.48. The van der Waals surface area contributed by atoms with E-state index in [1.165, 1.54) is 16.8 Å². The standard InChI is InChI=1S/C20H20FN3OS/c1-13-8-9-14(21)11-16(13)22-19(25)12-24-10-4-6-17(24)20-23-15-5-2-3-7-18(15)26-20/h2-3,5,7-9,11,17H,4,6,10,12H2,1H3,(H,22,25). The van der Waals surface area contributed by atoms with Gasteiger partial charge in [-0.25, -0.2) is 9.37 Å². The van der Waals surface area contributed by atoms with Crippen molar-refractivity contribution in [3.8, 4) is 0 Å². The van der Waals surface area contributed by atoms with Gasteiger partial charge in [0.15, 0.2) is 0 Å². The molecule has 6 heteroatoms. The van der Waals surface area contributed by atoms with Gasteiger partial charge in [-0.3, -0.25) is 9.69 Å². The van der Waals surface area contributed by atoms with Gasteiger partial charge in [0.1, 0.15) is 10.8 Å². The lowest BCUT2D eigenvalue weighted by Gasteiger charge is -2.22. The molecular formula is C20H20FN3OS. The fourth-order valence-corrected chi connectivity index (χ4v) is 4.57. The molecule has 0 saturated carbocycles. The number of fused-ring (bicyclic) bond motifs is 1. The molecule has 134 valence electrons. The lowest BCUT2D eigenvalue weighted by atomic mass is 10.2. The Morgan fingerprint density at radius 3 is 3.04 bits per heavy atom. The Morgan fingerprint density at radius 2 is 2.19 bits per heavy atom. The highest BCUT2D eigenvalue weighted by Gasteiger charge is 2.30. The van der Waals surface area contributed by atoms with E-state index in [0.29, 0.717) is 5.69 Å². The van der Waals surface area contributed by atoms with Gasteiger partial charge >= 0.3 is 0 Å². The summed E-state index contributed by atoms with van der Waals surface area (Å²) in [7, 11) is 0. The molecule has 1 fully saturated rings. The van der Waals surface area contributed by atoms with Crippen molar-refractivity contribution < 1.29 is 9.18 Å². The molecule has 1 aliphatic heterocycles. The Morgan fingerprint density at radius 1 is 1.35 bits per heavy atom. The second kappa shape index (κ2) is 7.13. The van der Waals surface area contributed by atoms with E-state index in [0.717, 1.165) is 35.5 Å². The zero-order valence-corrected chi connectivity index (χ0v) is 15.4. The Hall–Kier alpha value is -2.31. The summed E-state index contributed by atoms with van der Waals surface area (Å²) >= 11 is 1.70. The number of amides is 1. The lowest BCUT2D eigenvalue weighted by molar-refractivity contribution is -0.117. The number of anilines is 1. The summed E-state index contributed by atoms with van der Waals surface area (Å²) in [5, 5.41) is 3.91. The molecule has 3 aromatic rings. The molecule has 1 aliphatic rings. The number of benzene rings is 2. The van der Waals surface area contributed by atoms with Gasteiger partial charge in [-0.15, -0.1) is 11.3 Å². The van der Waals surface area contributed by atoms with Crippen molar-refractivity contribution in [2.45, 2.75) is 25.8 Å². The average molecular weight is 369 g/mol. The maximum Gasteiger partial charge on any atom is 0.238 e. The predicted octanol–water partition coefficient (Wildman–Crippen LogP) is 4.52. The van der Waals surface area contributed by atoms with Crippen LogP contribution in [0.25, 0.3) is 10.2 Å². The molecule has 1 saturated heterocycles. The molecule has 1 aromatic heterocycles. The van der Waals surface area contributed by atoms with Crippen molar-refractivity contribution >= 4 is 33.1 Å². The van der Waals surface area contributed by atoms with Crippen LogP contribution in [0, 0.1) is 12.7 Å². The number of para-hydroxylation sites is 1. The number of likely N-dealkylation sites (tertiary alicyclic amines) is 1. The minimum atomic E-state index is -0.348. The number of nitrogens with one attached hydrogen (secondary N) is 1. The first-order valence-electron chi connectivity index (χ1n) is 8.76. The Kier molecular flexibility index (Phi) is 4.70. The van der Waals surface area contributed by atoms with Gasteiger partial charge in [0.05, 0.1) is 22.8 Å². The molecule has 1 amide bonds. The zero-order chi connectivity index (χ0) is 18.1. The third-order valence-electron chi connectivity index (χ3n) is 4.78. The van der Waals surface area contributed by atoms with Gasteiger partial charge in [-0.1, -0.05) is 18.2 Å². The summed E-state index contributed by atoms with van der Waals surface area (Å²) in [6, 6.07) is 12.7. The van der Waals surface area contributed by atoms with Crippen LogP contribution < -0.4 is 5.32 Å². The van der Waals surface area contributed by atoms with Gasteiger partial charge in [0, 0.05) is 5.69 Å². The van der Waals surface area contributed by atoms with E-state index in [4.69, 9.17) is 4.98 Å².